The maximum Gasteiger partial charge on any atom is 0.231 e. The van der Waals surface area contributed by atoms with Crippen LogP contribution in [0.15, 0.2) is 18.3 Å². The molecule has 1 aromatic heterocycles. The van der Waals surface area contributed by atoms with Gasteiger partial charge >= 0.3 is 0 Å². The summed E-state index contributed by atoms with van der Waals surface area (Å²) in [5, 5.41) is 3.25. The van der Waals surface area contributed by atoms with Crippen molar-refractivity contribution in [2.45, 2.75) is 26.8 Å². The summed E-state index contributed by atoms with van der Waals surface area (Å²) in [4.78, 5) is 17.2. The number of nitrogens with two attached hydrogens (primary N) is 1. The predicted octanol–water partition coefficient (Wildman–Crippen LogP) is 1.21. The van der Waals surface area contributed by atoms with Crippen molar-refractivity contribution in [1.82, 2.24) is 9.88 Å². The number of primary amides is 1. The van der Waals surface area contributed by atoms with Gasteiger partial charge in [-0.2, -0.15) is 0 Å². The Bertz CT molecular complexity index is 381. The molecular formula is C13H22N4O. The standard InChI is InChI=1S/C13H22N4O/c1-3-6-15-13-8-11(5-7-16-13)9-17(4-2)10-12(14)18/h5,7-8H,3-4,6,9-10H2,1-2H3,(H2,14,18)(H,15,16). The minimum absolute atomic E-state index is 0.288. The maximum atomic E-state index is 10.9. The van der Waals surface area contributed by atoms with Gasteiger partial charge in [0.25, 0.3) is 0 Å². The summed E-state index contributed by atoms with van der Waals surface area (Å²) >= 11 is 0. The highest BCUT2D eigenvalue weighted by molar-refractivity contribution is 5.75. The third-order valence-corrected chi connectivity index (χ3v) is 2.61. The molecule has 0 aliphatic carbocycles. The van der Waals surface area contributed by atoms with Gasteiger partial charge in [0, 0.05) is 19.3 Å². The molecule has 5 nitrogen and oxygen atoms in total. The molecular weight excluding hydrogens is 228 g/mol. The van der Waals surface area contributed by atoms with Gasteiger partial charge in [0.1, 0.15) is 5.82 Å². The number of carbonyl (C=O) groups is 1. The van der Waals surface area contributed by atoms with Crippen LogP contribution in [0, 0.1) is 0 Å². The molecule has 0 aromatic carbocycles. The molecule has 1 heterocycles. The molecule has 0 atom stereocenters. The molecule has 0 spiro atoms. The summed E-state index contributed by atoms with van der Waals surface area (Å²) in [7, 11) is 0. The zero-order valence-electron chi connectivity index (χ0n) is 11.1. The molecule has 5 heteroatoms. The second-order valence-corrected chi connectivity index (χ2v) is 4.25. The van der Waals surface area contributed by atoms with Crippen molar-refractivity contribution in [3.8, 4) is 0 Å². The van der Waals surface area contributed by atoms with Crippen molar-refractivity contribution in [1.29, 1.82) is 0 Å². The Morgan fingerprint density at radius 3 is 2.89 bits per heavy atom. The van der Waals surface area contributed by atoms with Crippen molar-refractivity contribution in [2.24, 2.45) is 5.73 Å². The number of hydrogen-bond acceptors (Lipinski definition) is 4. The van der Waals surface area contributed by atoms with Gasteiger partial charge in [0.2, 0.25) is 5.91 Å². The number of amides is 1. The van der Waals surface area contributed by atoms with Gasteiger partial charge in [-0.1, -0.05) is 13.8 Å². The molecule has 0 aliphatic heterocycles. The summed E-state index contributed by atoms with van der Waals surface area (Å²) in [5.74, 6) is 0.583. The quantitative estimate of drug-likeness (QED) is 0.727. The summed E-state index contributed by atoms with van der Waals surface area (Å²) in [6.07, 6.45) is 2.85. The molecule has 1 rings (SSSR count). The largest absolute Gasteiger partial charge is 0.370 e. The molecule has 1 amide bonds. The lowest BCUT2D eigenvalue weighted by Crippen LogP contribution is -2.33. The number of likely N-dealkylation sites (N-methyl/N-ethyl adjacent to an activating group) is 1. The number of rotatable bonds is 8. The molecule has 1 aromatic rings. The molecule has 100 valence electrons. The van der Waals surface area contributed by atoms with E-state index in [2.05, 4.69) is 17.2 Å². The number of pyridine rings is 1. The highest BCUT2D eigenvalue weighted by Crippen LogP contribution is 2.09. The van der Waals surface area contributed by atoms with Crippen LogP contribution in [0.3, 0.4) is 0 Å². The molecule has 18 heavy (non-hydrogen) atoms. The zero-order chi connectivity index (χ0) is 13.4. The van der Waals surface area contributed by atoms with E-state index in [4.69, 9.17) is 5.73 Å². The molecule has 0 unspecified atom stereocenters. The summed E-state index contributed by atoms with van der Waals surface area (Å²) in [6, 6.07) is 3.97. The monoisotopic (exact) mass is 250 g/mol. The highest BCUT2D eigenvalue weighted by atomic mass is 16.1. The van der Waals surface area contributed by atoms with Gasteiger partial charge < -0.3 is 11.1 Å². The first-order valence-electron chi connectivity index (χ1n) is 6.35. The third kappa shape index (κ3) is 5.14. The van der Waals surface area contributed by atoms with E-state index in [1.54, 1.807) is 6.20 Å². The van der Waals surface area contributed by atoms with Crippen LogP contribution in [0.2, 0.25) is 0 Å². The topological polar surface area (TPSA) is 71.2 Å². The van der Waals surface area contributed by atoms with Crippen molar-refractivity contribution >= 4 is 11.7 Å². The lowest BCUT2D eigenvalue weighted by molar-refractivity contribution is -0.119. The Labute approximate surface area is 108 Å². The van der Waals surface area contributed by atoms with Crippen LogP contribution in [0.25, 0.3) is 0 Å². The molecule has 3 N–H and O–H groups in total. The van der Waals surface area contributed by atoms with Gasteiger partial charge in [0.15, 0.2) is 0 Å². The minimum atomic E-state index is -0.296. The molecule has 0 aliphatic rings. The zero-order valence-corrected chi connectivity index (χ0v) is 11.1. The van der Waals surface area contributed by atoms with Gasteiger partial charge in [-0.05, 0) is 30.7 Å². The first-order chi connectivity index (χ1) is 8.65. The summed E-state index contributed by atoms with van der Waals surface area (Å²) in [5.41, 5.74) is 6.34. The van der Waals surface area contributed by atoms with Crippen LogP contribution < -0.4 is 11.1 Å². The second kappa shape index (κ2) is 7.66. The van der Waals surface area contributed by atoms with Crippen LogP contribution >= 0.6 is 0 Å². The Kier molecular flexibility index (Phi) is 6.14. The molecule has 0 bridgehead atoms. The van der Waals surface area contributed by atoms with Crippen molar-refractivity contribution < 1.29 is 4.79 Å². The van der Waals surface area contributed by atoms with Crippen LogP contribution in [-0.2, 0) is 11.3 Å². The molecule has 0 radical (unpaired) electrons. The molecule has 0 saturated heterocycles. The van der Waals surface area contributed by atoms with E-state index in [1.165, 1.54) is 0 Å². The number of hydrogen-bond donors (Lipinski definition) is 2. The van der Waals surface area contributed by atoms with Crippen molar-refractivity contribution in [3.05, 3.63) is 23.9 Å². The van der Waals surface area contributed by atoms with Gasteiger partial charge in [-0.15, -0.1) is 0 Å². The lowest BCUT2D eigenvalue weighted by Gasteiger charge is -2.18. The number of nitrogens with zero attached hydrogens (tertiary/aromatic N) is 2. The number of aromatic nitrogens is 1. The van der Waals surface area contributed by atoms with E-state index in [0.717, 1.165) is 30.9 Å². The second-order valence-electron chi connectivity index (χ2n) is 4.25. The van der Waals surface area contributed by atoms with Crippen LogP contribution in [-0.4, -0.2) is 35.4 Å². The van der Waals surface area contributed by atoms with E-state index >= 15 is 0 Å². The van der Waals surface area contributed by atoms with E-state index in [-0.39, 0.29) is 12.5 Å². The number of nitrogens with one attached hydrogen (secondary N) is 1. The van der Waals surface area contributed by atoms with Gasteiger partial charge in [-0.3, -0.25) is 9.69 Å². The SMILES string of the molecule is CCCNc1cc(CN(CC)CC(N)=O)ccn1. The van der Waals surface area contributed by atoms with E-state index in [0.29, 0.717) is 6.54 Å². The lowest BCUT2D eigenvalue weighted by atomic mass is 10.2. The number of anilines is 1. The first kappa shape index (κ1) is 14.4. The summed E-state index contributed by atoms with van der Waals surface area (Å²) in [6.45, 7) is 6.83. The fourth-order valence-corrected chi connectivity index (χ4v) is 1.68. The van der Waals surface area contributed by atoms with E-state index < -0.39 is 0 Å². The Balaban J connectivity index is 2.62. The Hall–Kier alpha value is -1.62. The average Bonchev–Trinajstić information content (AvgIpc) is 2.35. The Morgan fingerprint density at radius 1 is 1.50 bits per heavy atom. The van der Waals surface area contributed by atoms with Crippen molar-refractivity contribution in [2.75, 3.05) is 25.0 Å². The predicted molar refractivity (Wildman–Crippen MR) is 73.2 cm³/mol. The maximum absolute atomic E-state index is 10.9. The fourth-order valence-electron chi connectivity index (χ4n) is 1.68. The molecule has 0 fully saturated rings. The fraction of sp³-hybridized carbons (Fsp3) is 0.538. The minimum Gasteiger partial charge on any atom is -0.370 e. The van der Waals surface area contributed by atoms with Crippen LogP contribution in [0.5, 0.6) is 0 Å². The summed E-state index contributed by atoms with van der Waals surface area (Å²) < 4.78 is 0. The smallest absolute Gasteiger partial charge is 0.231 e. The van der Waals surface area contributed by atoms with Crippen molar-refractivity contribution in [3.63, 3.8) is 0 Å². The molecule has 0 saturated carbocycles. The highest BCUT2D eigenvalue weighted by Gasteiger charge is 2.07. The average molecular weight is 250 g/mol. The first-order valence-corrected chi connectivity index (χ1v) is 6.35. The van der Waals surface area contributed by atoms with E-state index in [1.807, 2.05) is 24.0 Å². The van der Waals surface area contributed by atoms with Gasteiger partial charge in [0.05, 0.1) is 6.54 Å². The van der Waals surface area contributed by atoms with Gasteiger partial charge in [-0.25, -0.2) is 4.98 Å². The van der Waals surface area contributed by atoms with E-state index in [9.17, 15) is 4.79 Å². The normalized spacial score (nSPS) is 10.6. The Morgan fingerprint density at radius 2 is 2.28 bits per heavy atom. The number of carbonyl (C=O) groups excluding carboxylic acids is 1. The van der Waals surface area contributed by atoms with Crippen LogP contribution in [0.4, 0.5) is 5.82 Å². The van der Waals surface area contributed by atoms with Crippen LogP contribution in [0.1, 0.15) is 25.8 Å². The third-order valence-electron chi connectivity index (χ3n) is 2.61.